The second kappa shape index (κ2) is 6.00. The standard InChI is InChI=1S/C17H21F2N3O/c1-17(2,3)16-20-15(23-21-16)12-7-8-22(10-12)9-11-5-4-6-13(18)14(11)19/h4-6,12H,7-10H2,1-3H3. The largest absolute Gasteiger partial charge is 0.339 e. The lowest BCUT2D eigenvalue weighted by Gasteiger charge is -2.15. The third-order valence-electron chi connectivity index (χ3n) is 4.16. The molecule has 1 saturated heterocycles. The summed E-state index contributed by atoms with van der Waals surface area (Å²) in [6.07, 6.45) is 0.878. The van der Waals surface area contributed by atoms with Crippen molar-refractivity contribution in [3.8, 4) is 0 Å². The van der Waals surface area contributed by atoms with Crippen LogP contribution in [0.2, 0.25) is 0 Å². The molecule has 0 amide bonds. The van der Waals surface area contributed by atoms with Gasteiger partial charge in [-0.15, -0.1) is 0 Å². The molecule has 3 rings (SSSR count). The van der Waals surface area contributed by atoms with Crippen molar-refractivity contribution in [2.45, 2.75) is 45.1 Å². The lowest BCUT2D eigenvalue weighted by Crippen LogP contribution is -2.21. The van der Waals surface area contributed by atoms with Crippen LogP contribution in [0.1, 0.15) is 50.4 Å². The van der Waals surface area contributed by atoms with Crippen molar-refractivity contribution < 1.29 is 13.3 Å². The number of hydrogen-bond donors (Lipinski definition) is 0. The van der Waals surface area contributed by atoms with Crippen molar-refractivity contribution in [3.05, 3.63) is 47.1 Å². The molecule has 0 bridgehead atoms. The van der Waals surface area contributed by atoms with E-state index < -0.39 is 11.6 Å². The van der Waals surface area contributed by atoms with Crippen LogP contribution in [-0.4, -0.2) is 28.1 Å². The number of nitrogens with zero attached hydrogens (tertiary/aromatic N) is 3. The van der Waals surface area contributed by atoms with Crippen LogP contribution in [0.15, 0.2) is 22.7 Å². The topological polar surface area (TPSA) is 42.2 Å². The SMILES string of the molecule is CC(C)(C)c1noc(C2CCN(Cc3cccc(F)c3F)C2)n1. The van der Waals surface area contributed by atoms with E-state index in [4.69, 9.17) is 4.52 Å². The van der Waals surface area contributed by atoms with E-state index in [2.05, 4.69) is 15.0 Å². The van der Waals surface area contributed by atoms with Gasteiger partial charge in [0.25, 0.3) is 0 Å². The van der Waals surface area contributed by atoms with Crippen LogP contribution in [0.3, 0.4) is 0 Å². The molecule has 23 heavy (non-hydrogen) atoms. The maximum absolute atomic E-state index is 13.8. The average molecular weight is 321 g/mol. The van der Waals surface area contributed by atoms with Gasteiger partial charge in [0.05, 0.1) is 5.92 Å². The summed E-state index contributed by atoms with van der Waals surface area (Å²) >= 11 is 0. The van der Waals surface area contributed by atoms with Crippen molar-refractivity contribution in [2.75, 3.05) is 13.1 Å². The smallest absolute Gasteiger partial charge is 0.231 e. The van der Waals surface area contributed by atoms with Gasteiger partial charge in [0.2, 0.25) is 5.89 Å². The second-order valence-corrected chi connectivity index (χ2v) is 7.14. The molecule has 2 heterocycles. The molecule has 124 valence electrons. The second-order valence-electron chi connectivity index (χ2n) is 7.14. The lowest BCUT2D eigenvalue weighted by atomic mass is 9.96. The minimum absolute atomic E-state index is 0.148. The summed E-state index contributed by atoms with van der Waals surface area (Å²) < 4.78 is 32.4. The zero-order valence-electron chi connectivity index (χ0n) is 13.6. The third kappa shape index (κ3) is 3.42. The molecule has 0 N–H and O–H groups in total. The summed E-state index contributed by atoms with van der Waals surface area (Å²) in [6, 6.07) is 4.29. The Morgan fingerprint density at radius 1 is 1.30 bits per heavy atom. The average Bonchev–Trinajstić information content (AvgIpc) is 3.12. The number of rotatable bonds is 3. The van der Waals surface area contributed by atoms with E-state index in [1.165, 1.54) is 6.07 Å². The first-order valence-electron chi connectivity index (χ1n) is 7.84. The summed E-state index contributed by atoms with van der Waals surface area (Å²) in [7, 11) is 0. The minimum atomic E-state index is -0.801. The number of halogens is 2. The van der Waals surface area contributed by atoms with Gasteiger partial charge in [-0.05, 0) is 19.0 Å². The van der Waals surface area contributed by atoms with E-state index in [-0.39, 0.29) is 11.3 Å². The Labute approximate surface area is 134 Å². The molecule has 1 fully saturated rings. The van der Waals surface area contributed by atoms with Crippen molar-refractivity contribution in [3.63, 3.8) is 0 Å². The number of aromatic nitrogens is 2. The fourth-order valence-electron chi connectivity index (χ4n) is 2.79. The highest BCUT2D eigenvalue weighted by atomic mass is 19.2. The first-order chi connectivity index (χ1) is 10.8. The van der Waals surface area contributed by atoms with Gasteiger partial charge >= 0.3 is 0 Å². The molecule has 2 aromatic rings. The molecule has 6 heteroatoms. The van der Waals surface area contributed by atoms with Crippen LogP contribution < -0.4 is 0 Å². The zero-order chi connectivity index (χ0) is 16.6. The fourth-order valence-corrected chi connectivity index (χ4v) is 2.79. The minimum Gasteiger partial charge on any atom is -0.339 e. The maximum Gasteiger partial charge on any atom is 0.231 e. The van der Waals surface area contributed by atoms with Crippen LogP contribution in [0.25, 0.3) is 0 Å². The maximum atomic E-state index is 13.8. The number of hydrogen-bond acceptors (Lipinski definition) is 4. The molecule has 1 unspecified atom stereocenters. The molecule has 0 spiro atoms. The molecular weight excluding hydrogens is 300 g/mol. The molecule has 1 aliphatic heterocycles. The van der Waals surface area contributed by atoms with Gasteiger partial charge in [-0.1, -0.05) is 38.1 Å². The molecule has 1 aromatic carbocycles. The van der Waals surface area contributed by atoms with Crippen molar-refractivity contribution >= 4 is 0 Å². The summed E-state index contributed by atoms with van der Waals surface area (Å²) in [5.41, 5.74) is 0.233. The predicted octanol–water partition coefficient (Wildman–Crippen LogP) is 3.63. The van der Waals surface area contributed by atoms with Crippen LogP contribution >= 0.6 is 0 Å². The number of benzene rings is 1. The first-order valence-corrected chi connectivity index (χ1v) is 7.84. The predicted molar refractivity (Wildman–Crippen MR) is 82.0 cm³/mol. The summed E-state index contributed by atoms with van der Waals surface area (Å²) in [5.74, 6) is -0.0804. The van der Waals surface area contributed by atoms with Crippen molar-refractivity contribution in [1.29, 1.82) is 0 Å². The van der Waals surface area contributed by atoms with E-state index in [1.54, 1.807) is 6.07 Å². The fraction of sp³-hybridized carbons (Fsp3) is 0.529. The monoisotopic (exact) mass is 321 g/mol. The lowest BCUT2D eigenvalue weighted by molar-refractivity contribution is 0.302. The van der Waals surface area contributed by atoms with E-state index in [1.807, 2.05) is 20.8 Å². The molecule has 4 nitrogen and oxygen atoms in total. The summed E-state index contributed by atoms with van der Waals surface area (Å²) in [5, 5.41) is 4.05. The summed E-state index contributed by atoms with van der Waals surface area (Å²) in [4.78, 5) is 6.58. The van der Waals surface area contributed by atoms with Crippen LogP contribution in [0, 0.1) is 11.6 Å². The van der Waals surface area contributed by atoms with Crippen LogP contribution in [0.5, 0.6) is 0 Å². The number of likely N-dealkylation sites (tertiary alicyclic amines) is 1. The van der Waals surface area contributed by atoms with Gasteiger partial charge in [0.15, 0.2) is 17.5 Å². The van der Waals surface area contributed by atoms with Crippen LogP contribution in [-0.2, 0) is 12.0 Å². The van der Waals surface area contributed by atoms with E-state index in [9.17, 15) is 8.78 Å². The summed E-state index contributed by atoms with van der Waals surface area (Å²) in [6.45, 7) is 8.01. The van der Waals surface area contributed by atoms with Gasteiger partial charge in [-0.3, -0.25) is 4.90 Å². The Hall–Kier alpha value is -1.82. The van der Waals surface area contributed by atoms with Gasteiger partial charge in [0.1, 0.15) is 0 Å². The Kier molecular flexibility index (Phi) is 4.19. The molecular formula is C17H21F2N3O. The highest BCUT2D eigenvalue weighted by molar-refractivity contribution is 5.19. The highest BCUT2D eigenvalue weighted by Crippen LogP contribution is 2.29. The highest BCUT2D eigenvalue weighted by Gasteiger charge is 2.30. The Morgan fingerprint density at radius 3 is 2.78 bits per heavy atom. The van der Waals surface area contributed by atoms with Gasteiger partial charge in [0, 0.05) is 24.1 Å². The zero-order valence-corrected chi connectivity index (χ0v) is 13.6. The molecule has 0 aliphatic carbocycles. The molecule has 1 atom stereocenters. The molecule has 0 saturated carbocycles. The Morgan fingerprint density at radius 2 is 2.09 bits per heavy atom. The van der Waals surface area contributed by atoms with Gasteiger partial charge in [-0.25, -0.2) is 8.78 Å². The van der Waals surface area contributed by atoms with E-state index in [0.29, 0.717) is 30.4 Å². The molecule has 1 aliphatic rings. The van der Waals surface area contributed by atoms with Crippen molar-refractivity contribution in [1.82, 2.24) is 15.0 Å². The quantitative estimate of drug-likeness (QED) is 0.865. The van der Waals surface area contributed by atoms with E-state index >= 15 is 0 Å². The van der Waals surface area contributed by atoms with Gasteiger partial charge < -0.3 is 4.52 Å². The van der Waals surface area contributed by atoms with Gasteiger partial charge in [-0.2, -0.15) is 4.98 Å². The normalized spacial score (nSPS) is 19.4. The molecule has 0 radical (unpaired) electrons. The van der Waals surface area contributed by atoms with E-state index in [0.717, 1.165) is 19.0 Å². The third-order valence-corrected chi connectivity index (χ3v) is 4.16. The first kappa shape index (κ1) is 16.1. The Bertz CT molecular complexity index is 693. The Balaban J connectivity index is 1.67. The molecule has 1 aromatic heterocycles. The van der Waals surface area contributed by atoms with Crippen molar-refractivity contribution in [2.24, 2.45) is 0 Å². The van der Waals surface area contributed by atoms with Crippen LogP contribution in [0.4, 0.5) is 8.78 Å².